The van der Waals surface area contributed by atoms with Crippen molar-refractivity contribution in [3.8, 4) is 0 Å². The zero-order valence-electron chi connectivity index (χ0n) is 17.7. The quantitative estimate of drug-likeness (QED) is 0.589. The highest BCUT2D eigenvalue weighted by molar-refractivity contribution is 5.95. The topological polar surface area (TPSA) is 89.5 Å². The highest BCUT2D eigenvalue weighted by atomic mass is 19.4. The van der Waals surface area contributed by atoms with Crippen LogP contribution in [0, 0.1) is 11.6 Å². The van der Waals surface area contributed by atoms with Gasteiger partial charge in [0.1, 0.15) is 12.3 Å². The molecule has 6 rings (SSSR count). The number of rotatable bonds is 7. The Bertz CT molecular complexity index is 1150. The Labute approximate surface area is 190 Å². The van der Waals surface area contributed by atoms with Gasteiger partial charge in [-0.2, -0.15) is 0 Å². The molecule has 0 saturated heterocycles. The molecule has 12 heteroatoms. The molecule has 4 aliphatic rings. The Morgan fingerprint density at radius 2 is 1.65 bits per heavy atom. The number of nitrogens with zero attached hydrogens (tertiary/aromatic N) is 1. The Hall–Kier alpha value is -2.86. The third-order valence-corrected chi connectivity index (χ3v) is 6.58. The number of carbonyl (C=O) groups is 2. The van der Waals surface area contributed by atoms with Crippen molar-refractivity contribution in [1.29, 1.82) is 0 Å². The van der Waals surface area contributed by atoms with Gasteiger partial charge in [-0.05, 0) is 31.4 Å². The van der Waals surface area contributed by atoms with Crippen LogP contribution >= 0.6 is 0 Å². The van der Waals surface area contributed by atoms with Crippen molar-refractivity contribution in [2.45, 2.75) is 61.8 Å². The van der Waals surface area contributed by atoms with Gasteiger partial charge >= 0.3 is 6.36 Å². The Morgan fingerprint density at radius 3 is 2.32 bits per heavy atom. The minimum atomic E-state index is -4.68. The van der Waals surface area contributed by atoms with Gasteiger partial charge in [-0.1, -0.05) is 6.07 Å². The number of hydrogen-bond donors (Lipinski definition) is 2. The molecule has 1 heterocycles. The molecule has 182 valence electrons. The van der Waals surface area contributed by atoms with Crippen LogP contribution in [-0.2, 0) is 14.3 Å². The fourth-order valence-electron chi connectivity index (χ4n) is 5.07. The minimum Gasteiger partial charge on any atom is -0.368 e. The number of benzene rings is 1. The van der Waals surface area contributed by atoms with E-state index in [1.165, 1.54) is 12.1 Å². The van der Waals surface area contributed by atoms with Gasteiger partial charge in [-0.25, -0.2) is 13.8 Å². The molecular formula is C22H20F5N3O4. The average Bonchev–Trinajstić information content (AvgIpc) is 2.66. The summed E-state index contributed by atoms with van der Waals surface area (Å²) in [5.74, 6) is -2.86. The lowest BCUT2D eigenvalue weighted by Crippen LogP contribution is -2.84. The molecular weight excluding hydrogens is 465 g/mol. The largest absolute Gasteiger partial charge is 0.522 e. The fourth-order valence-corrected chi connectivity index (χ4v) is 5.07. The first-order valence-corrected chi connectivity index (χ1v) is 10.7. The molecule has 34 heavy (non-hydrogen) atoms. The van der Waals surface area contributed by atoms with Crippen LogP contribution in [0.1, 0.15) is 42.6 Å². The third kappa shape index (κ3) is 4.43. The SMILES string of the molecule is O=C(COC1CC(OC(F)(F)F)C1)NC12CC(NC(=O)c3ccc4cc(F)c(F)cc4n3)(C1)C2. The molecule has 1 aromatic heterocycles. The van der Waals surface area contributed by atoms with Crippen molar-refractivity contribution < 1.29 is 41.0 Å². The molecule has 2 bridgehead atoms. The first kappa shape index (κ1) is 22.9. The molecule has 0 unspecified atom stereocenters. The lowest BCUT2D eigenvalue weighted by atomic mass is 9.44. The number of ether oxygens (including phenoxy) is 2. The van der Waals surface area contributed by atoms with Crippen LogP contribution < -0.4 is 10.6 Å². The van der Waals surface area contributed by atoms with Gasteiger partial charge in [0, 0.05) is 35.4 Å². The second-order valence-corrected chi connectivity index (χ2v) is 9.34. The third-order valence-electron chi connectivity index (χ3n) is 6.58. The summed E-state index contributed by atoms with van der Waals surface area (Å²) in [6.07, 6.45) is -4.33. The van der Waals surface area contributed by atoms with Crippen molar-refractivity contribution >= 4 is 22.7 Å². The molecule has 2 aromatic rings. The standard InChI is InChI=1S/C22H20F5N3O4/c23-14-3-11-1-2-16(28-17(11)6-15(14)24)19(32)30-21-8-20(9-21,10-21)29-18(31)7-33-12-4-13(5-12)34-22(25,26)27/h1-3,6,12-13H,4-5,7-10H2,(H,29,31)(H,30,32). The van der Waals surface area contributed by atoms with Crippen molar-refractivity contribution in [1.82, 2.24) is 15.6 Å². The number of amides is 2. The lowest BCUT2D eigenvalue weighted by molar-refractivity contribution is -0.357. The van der Waals surface area contributed by atoms with Crippen LogP contribution in [0.3, 0.4) is 0 Å². The highest BCUT2D eigenvalue weighted by Crippen LogP contribution is 2.60. The normalized spacial score (nSPS) is 29.6. The monoisotopic (exact) mass is 485 g/mol. The Balaban J connectivity index is 1.06. The Kier molecular flexibility index (Phi) is 5.28. The number of hydrogen-bond acceptors (Lipinski definition) is 5. The summed E-state index contributed by atoms with van der Waals surface area (Å²) in [5, 5.41) is 6.13. The number of pyridine rings is 1. The average molecular weight is 485 g/mol. The zero-order valence-corrected chi connectivity index (χ0v) is 17.7. The van der Waals surface area contributed by atoms with Gasteiger partial charge in [0.2, 0.25) is 5.91 Å². The number of carbonyl (C=O) groups excluding carboxylic acids is 2. The maximum Gasteiger partial charge on any atom is 0.522 e. The molecule has 0 spiro atoms. The van der Waals surface area contributed by atoms with Crippen LogP contribution in [0.15, 0.2) is 24.3 Å². The van der Waals surface area contributed by atoms with Crippen molar-refractivity contribution in [3.63, 3.8) is 0 Å². The molecule has 2 N–H and O–H groups in total. The number of alkyl halides is 3. The lowest BCUT2D eigenvalue weighted by Gasteiger charge is -2.70. The van der Waals surface area contributed by atoms with E-state index in [2.05, 4.69) is 20.4 Å². The van der Waals surface area contributed by atoms with E-state index in [0.717, 1.165) is 12.1 Å². The zero-order chi connectivity index (χ0) is 24.3. The summed E-state index contributed by atoms with van der Waals surface area (Å²) in [6, 6.07) is 4.86. The summed E-state index contributed by atoms with van der Waals surface area (Å²) < 4.78 is 72.4. The van der Waals surface area contributed by atoms with E-state index in [9.17, 15) is 31.5 Å². The number of nitrogens with one attached hydrogen (secondary N) is 2. The molecule has 0 atom stereocenters. The molecule has 4 aliphatic carbocycles. The Morgan fingerprint density at radius 1 is 1.00 bits per heavy atom. The van der Waals surface area contributed by atoms with E-state index in [0.29, 0.717) is 24.6 Å². The summed E-state index contributed by atoms with van der Waals surface area (Å²) in [5.41, 5.74) is -0.669. The van der Waals surface area contributed by atoms with Gasteiger partial charge in [0.05, 0.1) is 17.7 Å². The van der Waals surface area contributed by atoms with Gasteiger partial charge in [0.25, 0.3) is 5.91 Å². The van der Waals surface area contributed by atoms with Crippen LogP contribution in [0.25, 0.3) is 10.9 Å². The molecule has 4 fully saturated rings. The first-order valence-electron chi connectivity index (χ1n) is 10.7. The van der Waals surface area contributed by atoms with E-state index < -0.39 is 47.2 Å². The maximum absolute atomic E-state index is 13.5. The number of fused-ring (bicyclic) bond motifs is 1. The summed E-state index contributed by atoms with van der Waals surface area (Å²) in [7, 11) is 0. The van der Waals surface area contributed by atoms with Crippen LogP contribution in [0.4, 0.5) is 22.0 Å². The van der Waals surface area contributed by atoms with Gasteiger partial charge in [-0.15, -0.1) is 13.2 Å². The predicted molar refractivity (Wildman–Crippen MR) is 106 cm³/mol. The molecule has 2 amide bonds. The summed E-state index contributed by atoms with van der Waals surface area (Å²) in [4.78, 5) is 28.9. The van der Waals surface area contributed by atoms with Gasteiger partial charge < -0.3 is 15.4 Å². The van der Waals surface area contributed by atoms with Crippen LogP contribution in [0.2, 0.25) is 0 Å². The molecule has 0 radical (unpaired) electrons. The maximum atomic E-state index is 13.5. The minimum absolute atomic E-state index is 0.0722. The first-order chi connectivity index (χ1) is 15.9. The van der Waals surface area contributed by atoms with Gasteiger partial charge in [-0.3, -0.25) is 14.3 Å². The van der Waals surface area contributed by atoms with Crippen molar-refractivity contribution in [3.05, 3.63) is 41.6 Å². The van der Waals surface area contributed by atoms with E-state index in [4.69, 9.17) is 4.74 Å². The van der Waals surface area contributed by atoms with E-state index in [1.54, 1.807) is 0 Å². The van der Waals surface area contributed by atoms with Gasteiger partial charge in [0.15, 0.2) is 11.6 Å². The number of aromatic nitrogens is 1. The number of halogens is 5. The van der Waals surface area contributed by atoms with Crippen LogP contribution in [0.5, 0.6) is 0 Å². The molecule has 4 saturated carbocycles. The van der Waals surface area contributed by atoms with E-state index >= 15 is 0 Å². The predicted octanol–water partition coefficient (Wildman–Crippen LogP) is 3.12. The smallest absolute Gasteiger partial charge is 0.368 e. The summed E-state index contributed by atoms with van der Waals surface area (Å²) in [6.45, 7) is -0.261. The molecule has 7 nitrogen and oxygen atoms in total. The van der Waals surface area contributed by atoms with Crippen LogP contribution in [-0.4, -0.2) is 53.1 Å². The molecule has 1 aromatic carbocycles. The second-order valence-electron chi connectivity index (χ2n) is 9.34. The van der Waals surface area contributed by atoms with Crippen molar-refractivity contribution in [2.24, 2.45) is 0 Å². The van der Waals surface area contributed by atoms with E-state index in [-0.39, 0.29) is 36.6 Å². The summed E-state index contributed by atoms with van der Waals surface area (Å²) >= 11 is 0. The second kappa shape index (κ2) is 7.84. The fraction of sp³-hybridized carbons (Fsp3) is 0.500. The molecule has 0 aliphatic heterocycles. The van der Waals surface area contributed by atoms with E-state index in [1.807, 2.05) is 0 Å². The highest BCUT2D eigenvalue weighted by Gasteiger charge is 2.69. The van der Waals surface area contributed by atoms with Crippen molar-refractivity contribution in [2.75, 3.05) is 6.61 Å².